The van der Waals surface area contributed by atoms with E-state index in [1.54, 1.807) is 12.1 Å². The number of para-hydroxylation sites is 1. The van der Waals surface area contributed by atoms with E-state index in [1.807, 2.05) is 25.1 Å². The Morgan fingerprint density at radius 2 is 2.04 bits per heavy atom. The summed E-state index contributed by atoms with van der Waals surface area (Å²) in [4.78, 5) is 14.5. The molecule has 0 radical (unpaired) electrons. The van der Waals surface area contributed by atoms with Crippen LogP contribution in [0.5, 0.6) is 0 Å². The molecule has 0 aromatic heterocycles. The normalized spacial score (nSPS) is 14.5. The molecule has 0 bridgehead atoms. The van der Waals surface area contributed by atoms with Gasteiger partial charge >= 0.3 is 0 Å². The Labute approximate surface area is 146 Å². The van der Waals surface area contributed by atoms with Crippen molar-refractivity contribution in [3.8, 4) is 0 Å². The number of benzene rings is 2. The lowest BCUT2D eigenvalue weighted by Crippen LogP contribution is -2.37. The second-order valence-corrected chi connectivity index (χ2v) is 6.60. The van der Waals surface area contributed by atoms with Crippen LogP contribution in [0.25, 0.3) is 0 Å². The fraction of sp³-hybridized carbons (Fsp3) is 0.278. The number of halogens is 2. The van der Waals surface area contributed by atoms with E-state index in [0.717, 1.165) is 24.2 Å². The average molecular weight is 349 g/mol. The van der Waals surface area contributed by atoms with Gasteiger partial charge in [-0.3, -0.25) is 4.79 Å². The molecule has 0 saturated heterocycles. The van der Waals surface area contributed by atoms with E-state index in [2.05, 4.69) is 22.3 Å². The molecule has 120 valence electrons. The molecule has 1 aliphatic heterocycles. The molecular weight excluding hydrogens is 331 g/mol. The fourth-order valence-corrected chi connectivity index (χ4v) is 3.53. The van der Waals surface area contributed by atoms with Gasteiger partial charge in [0.05, 0.1) is 12.6 Å². The van der Waals surface area contributed by atoms with Crippen LogP contribution in [-0.4, -0.2) is 19.0 Å². The van der Waals surface area contributed by atoms with Crippen molar-refractivity contribution in [2.24, 2.45) is 0 Å². The number of fused-ring (bicyclic) bond motifs is 1. The second kappa shape index (κ2) is 6.81. The third-order valence-electron chi connectivity index (χ3n) is 4.12. The molecule has 1 N–H and O–H groups in total. The van der Waals surface area contributed by atoms with E-state index in [0.29, 0.717) is 16.6 Å². The van der Waals surface area contributed by atoms with Crippen molar-refractivity contribution in [3.05, 3.63) is 63.6 Å². The molecule has 2 aromatic rings. The van der Waals surface area contributed by atoms with Gasteiger partial charge in [0.2, 0.25) is 5.91 Å². The standard InChI is InChI=1S/C18H18Cl2N2O/c1-12(15-7-6-14(19)10-16(15)20)21-18(23)11-22-9-8-13-4-2-3-5-17(13)22/h2-7,10,12H,8-9,11H2,1H3,(H,21,23). The predicted octanol–water partition coefficient (Wildman–Crippen LogP) is 4.23. The lowest BCUT2D eigenvalue weighted by atomic mass is 10.1. The van der Waals surface area contributed by atoms with Crippen molar-refractivity contribution in [1.82, 2.24) is 5.32 Å². The van der Waals surface area contributed by atoms with Crippen LogP contribution in [0.4, 0.5) is 5.69 Å². The van der Waals surface area contributed by atoms with Crippen LogP contribution in [0.3, 0.4) is 0 Å². The summed E-state index contributed by atoms with van der Waals surface area (Å²) >= 11 is 12.1. The van der Waals surface area contributed by atoms with E-state index >= 15 is 0 Å². The lowest BCUT2D eigenvalue weighted by molar-refractivity contribution is -0.120. The molecule has 1 amide bonds. The molecule has 1 unspecified atom stereocenters. The molecule has 0 fully saturated rings. The number of carbonyl (C=O) groups excluding carboxylic acids is 1. The summed E-state index contributed by atoms with van der Waals surface area (Å²) in [5.41, 5.74) is 3.32. The smallest absolute Gasteiger partial charge is 0.239 e. The Bertz CT molecular complexity index is 733. The van der Waals surface area contributed by atoms with Crippen LogP contribution in [0.1, 0.15) is 24.1 Å². The Balaban J connectivity index is 1.64. The predicted molar refractivity (Wildman–Crippen MR) is 95.4 cm³/mol. The number of amides is 1. The van der Waals surface area contributed by atoms with Gasteiger partial charge in [-0.05, 0) is 42.7 Å². The minimum atomic E-state index is -0.162. The average Bonchev–Trinajstić information content (AvgIpc) is 2.90. The zero-order valence-electron chi connectivity index (χ0n) is 12.9. The largest absolute Gasteiger partial charge is 0.362 e. The third kappa shape index (κ3) is 3.62. The minimum Gasteiger partial charge on any atom is -0.362 e. The fourth-order valence-electron chi connectivity index (χ4n) is 2.96. The molecule has 2 aromatic carbocycles. The van der Waals surface area contributed by atoms with Crippen LogP contribution in [0.2, 0.25) is 10.0 Å². The maximum atomic E-state index is 12.3. The van der Waals surface area contributed by atoms with Gasteiger partial charge in [-0.15, -0.1) is 0 Å². The molecule has 0 spiro atoms. The zero-order valence-corrected chi connectivity index (χ0v) is 14.4. The van der Waals surface area contributed by atoms with Crippen molar-refractivity contribution >= 4 is 34.8 Å². The number of carbonyl (C=O) groups is 1. The van der Waals surface area contributed by atoms with Gasteiger partial charge in [0.1, 0.15) is 0 Å². The molecule has 1 aliphatic rings. The van der Waals surface area contributed by atoms with Gasteiger partial charge in [-0.2, -0.15) is 0 Å². The third-order valence-corrected chi connectivity index (χ3v) is 4.69. The van der Waals surface area contributed by atoms with Gasteiger partial charge in [-0.25, -0.2) is 0 Å². The maximum absolute atomic E-state index is 12.3. The number of anilines is 1. The van der Waals surface area contributed by atoms with Crippen molar-refractivity contribution in [2.75, 3.05) is 18.0 Å². The van der Waals surface area contributed by atoms with Gasteiger partial charge < -0.3 is 10.2 Å². The maximum Gasteiger partial charge on any atom is 0.239 e. The van der Waals surface area contributed by atoms with Gasteiger partial charge in [0.25, 0.3) is 0 Å². The van der Waals surface area contributed by atoms with E-state index in [1.165, 1.54) is 5.56 Å². The van der Waals surface area contributed by atoms with Crippen LogP contribution in [0.15, 0.2) is 42.5 Å². The quantitative estimate of drug-likeness (QED) is 0.896. The van der Waals surface area contributed by atoms with E-state index in [-0.39, 0.29) is 11.9 Å². The molecule has 23 heavy (non-hydrogen) atoms. The monoisotopic (exact) mass is 348 g/mol. The number of nitrogens with zero attached hydrogens (tertiary/aromatic N) is 1. The molecule has 0 aliphatic carbocycles. The van der Waals surface area contributed by atoms with Gasteiger partial charge in [0.15, 0.2) is 0 Å². The van der Waals surface area contributed by atoms with Gasteiger partial charge in [0, 0.05) is 22.3 Å². The van der Waals surface area contributed by atoms with E-state index in [4.69, 9.17) is 23.2 Å². The first-order chi connectivity index (χ1) is 11.0. The number of hydrogen-bond acceptors (Lipinski definition) is 2. The number of rotatable bonds is 4. The summed E-state index contributed by atoms with van der Waals surface area (Å²) in [5.74, 6) is -0.0137. The SMILES string of the molecule is CC(NC(=O)CN1CCc2ccccc21)c1ccc(Cl)cc1Cl. The van der Waals surface area contributed by atoms with Crippen molar-refractivity contribution in [2.45, 2.75) is 19.4 Å². The topological polar surface area (TPSA) is 32.3 Å². The molecule has 5 heteroatoms. The van der Waals surface area contributed by atoms with E-state index < -0.39 is 0 Å². The highest BCUT2D eigenvalue weighted by Gasteiger charge is 2.21. The van der Waals surface area contributed by atoms with E-state index in [9.17, 15) is 4.79 Å². The van der Waals surface area contributed by atoms with Crippen LogP contribution >= 0.6 is 23.2 Å². The Morgan fingerprint density at radius 1 is 1.26 bits per heavy atom. The number of nitrogens with one attached hydrogen (secondary N) is 1. The first-order valence-corrected chi connectivity index (χ1v) is 8.37. The molecule has 1 atom stereocenters. The molecular formula is C18H18Cl2N2O. The summed E-state index contributed by atoms with van der Waals surface area (Å²) < 4.78 is 0. The summed E-state index contributed by atoms with van der Waals surface area (Å²) in [5, 5.41) is 4.16. The molecule has 3 nitrogen and oxygen atoms in total. The second-order valence-electron chi connectivity index (χ2n) is 5.76. The minimum absolute atomic E-state index is 0.0137. The Hall–Kier alpha value is -1.71. The number of hydrogen-bond donors (Lipinski definition) is 1. The zero-order chi connectivity index (χ0) is 16.4. The highest BCUT2D eigenvalue weighted by atomic mass is 35.5. The summed E-state index contributed by atoms with van der Waals surface area (Å²) in [7, 11) is 0. The molecule has 1 heterocycles. The van der Waals surface area contributed by atoms with Crippen molar-refractivity contribution < 1.29 is 4.79 Å². The van der Waals surface area contributed by atoms with Crippen LogP contribution in [0, 0.1) is 0 Å². The van der Waals surface area contributed by atoms with Crippen LogP contribution < -0.4 is 10.2 Å². The first-order valence-electron chi connectivity index (χ1n) is 7.62. The summed E-state index contributed by atoms with van der Waals surface area (Å²) in [6, 6.07) is 13.4. The highest BCUT2D eigenvalue weighted by Crippen LogP contribution is 2.28. The summed E-state index contributed by atoms with van der Waals surface area (Å²) in [6.45, 7) is 3.15. The van der Waals surface area contributed by atoms with Crippen molar-refractivity contribution in [3.63, 3.8) is 0 Å². The van der Waals surface area contributed by atoms with Crippen molar-refractivity contribution in [1.29, 1.82) is 0 Å². The highest BCUT2D eigenvalue weighted by molar-refractivity contribution is 6.35. The summed E-state index contributed by atoms with van der Waals surface area (Å²) in [6.07, 6.45) is 0.988. The lowest BCUT2D eigenvalue weighted by Gasteiger charge is -2.21. The Kier molecular flexibility index (Phi) is 4.79. The Morgan fingerprint density at radius 3 is 2.83 bits per heavy atom. The molecule has 0 saturated carbocycles. The van der Waals surface area contributed by atoms with Crippen LogP contribution in [-0.2, 0) is 11.2 Å². The van der Waals surface area contributed by atoms with Gasteiger partial charge in [-0.1, -0.05) is 47.5 Å². The first kappa shape index (κ1) is 16.2. The molecule has 3 rings (SSSR count).